The molecule has 0 spiro atoms. The first kappa shape index (κ1) is 11.7. The van der Waals surface area contributed by atoms with Gasteiger partial charge >= 0.3 is 0 Å². The lowest BCUT2D eigenvalue weighted by atomic mass is 10.2. The topological polar surface area (TPSA) is 38.4 Å². The Labute approximate surface area is 101 Å². The molecule has 0 aromatic heterocycles. The van der Waals surface area contributed by atoms with Crippen molar-refractivity contribution in [1.29, 1.82) is 0 Å². The number of nitrogens with two attached hydrogens (primary N) is 1. The van der Waals surface area contributed by atoms with Gasteiger partial charge in [0.25, 0.3) is 0 Å². The van der Waals surface area contributed by atoms with Crippen LogP contribution in [0.5, 0.6) is 0 Å². The van der Waals surface area contributed by atoms with E-state index in [1.54, 1.807) is 0 Å². The average Bonchev–Trinajstić information content (AvgIpc) is 2.09. The molecule has 0 amide bonds. The molecule has 0 fully saturated rings. The lowest BCUT2D eigenvalue weighted by Gasteiger charge is -2.05. The summed E-state index contributed by atoms with van der Waals surface area (Å²) >= 11 is 6.81. The molecule has 1 rings (SSSR count). The molecule has 0 aliphatic heterocycles. The van der Waals surface area contributed by atoms with Crippen LogP contribution in [0.3, 0.4) is 0 Å². The molecular weight excluding hydrogens is 308 g/mol. The predicted octanol–water partition coefficient (Wildman–Crippen LogP) is 3.86. The largest absolute Gasteiger partial charge is 0.387 e. The van der Waals surface area contributed by atoms with Gasteiger partial charge in [-0.3, -0.25) is 0 Å². The quantitative estimate of drug-likeness (QED) is 0.652. The summed E-state index contributed by atoms with van der Waals surface area (Å²) < 4.78 is 1.96. The Balaban J connectivity index is 3.03. The molecule has 0 unspecified atom stereocenters. The van der Waals surface area contributed by atoms with Crippen molar-refractivity contribution in [1.82, 2.24) is 0 Å². The second-order valence-corrected chi connectivity index (χ2v) is 5.06. The van der Waals surface area contributed by atoms with Gasteiger partial charge in [-0.1, -0.05) is 29.8 Å². The Hall–Kier alpha value is -0.350. The summed E-state index contributed by atoms with van der Waals surface area (Å²) in [6.07, 6.45) is 0. The maximum atomic E-state index is 5.77. The van der Waals surface area contributed by atoms with Gasteiger partial charge in [-0.05, 0) is 34.1 Å². The lowest BCUT2D eigenvalue weighted by Crippen LogP contribution is -2.18. The highest BCUT2D eigenvalue weighted by atomic mass is 79.9. The molecule has 0 heterocycles. The third-order valence-corrected chi connectivity index (χ3v) is 2.88. The molecule has 1 aromatic carbocycles. The van der Waals surface area contributed by atoms with E-state index in [4.69, 9.17) is 5.73 Å². The van der Waals surface area contributed by atoms with Crippen LogP contribution in [0.4, 0.5) is 5.69 Å². The second-order valence-electron chi connectivity index (χ2n) is 3.29. The maximum absolute atomic E-state index is 5.77. The summed E-state index contributed by atoms with van der Waals surface area (Å²) in [5.41, 5.74) is 6.63. The first-order valence-electron chi connectivity index (χ1n) is 4.30. The summed E-state index contributed by atoms with van der Waals surface area (Å²) in [6.45, 7) is 4.04. The van der Waals surface area contributed by atoms with E-state index in [0.29, 0.717) is 5.84 Å². The molecule has 2 nitrogen and oxygen atoms in total. The van der Waals surface area contributed by atoms with Crippen LogP contribution >= 0.6 is 31.9 Å². The Kier molecular flexibility index (Phi) is 4.13. The minimum Gasteiger partial charge on any atom is -0.387 e. The number of hydrogen-bond acceptors (Lipinski definition) is 1. The van der Waals surface area contributed by atoms with Crippen molar-refractivity contribution >= 4 is 43.4 Å². The highest BCUT2D eigenvalue weighted by Crippen LogP contribution is 2.28. The molecule has 0 radical (unpaired) electrons. The van der Waals surface area contributed by atoms with E-state index in [9.17, 15) is 0 Å². The van der Waals surface area contributed by atoms with E-state index in [1.807, 2.05) is 32.0 Å². The highest BCUT2D eigenvalue weighted by Gasteiger charge is 2.02. The fourth-order valence-corrected chi connectivity index (χ4v) is 1.98. The van der Waals surface area contributed by atoms with Crippen molar-refractivity contribution in [3.63, 3.8) is 0 Å². The molecule has 76 valence electrons. The van der Waals surface area contributed by atoms with Gasteiger partial charge in [-0.25, -0.2) is 4.99 Å². The SMILES string of the molecule is CC(C)C(N)=Nc1ccc(Br)cc1Br. The Morgan fingerprint density at radius 2 is 2.00 bits per heavy atom. The number of benzene rings is 1. The van der Waals surface area contributed by atoms with E-state index in [2.05, 4.69) is 36.9 Å². The van der Waals surface area contributed by atoms with E-state index in [-0.39, 0.29) is 5.92 Å². The minimum atomic E-state index is 0.269. The van der Waals surface area contributed by atoms with Crippen LogP contribution < -0.4 is 5.73 Å². The monoisotopic (exact) mass is 318 g/mol. The van der Waals surface area contributed by atoms with Crippen molar-refractivity contribution in [3.8, 4) is 0 Å². The van der Waals surface area contributed by atoms with Gasteiger partial charge in [0.05, 0.1) is 5.69 Å². The predicted molar refractivity (Wildman–Crippen MR) is 68.0 cm³/mol. The van der Waals surface area contributed by atoms with Crippen LogP contribution in [-0.4, -0.2) is 5.84 Å². The van der Waals surface area contributed by atoms with Crippen molar-refractivity contribution in [2.75, 3.05) is 0 Å². The third kappa shape index (κ3) is 3.10. The zero-order valence-corrected chi connectivity index (χ0v) is 11.3. The number of aliphatic imine (C=N–C) groups is 1. The number of rotatable bonds is 2. The normalized spacial score (nSPS) is 12.2. The van der Waals surface area contributed by atoms with Crippen LogP contribution in [0.2, 0.25) is 0 Å². The number of hydrogen-bond donors (Lipinski definition) is 1. The minimum absolute atomic E-state index is 0.269. The first-order valence-corrected chi connectivity index (χ1v) is 5.88. The number of nitrogens with zero attached hydrogens (tertiary/aromatic N) is 1. The van der Waals surface area contributed by atoms with Crippen LogP contribution in [0.25, 0.3) is 0 Å². The Bertz CT molecular complexity index is 359. The fourth-order valence-electron chi connectivity index (χ4n) is 0.840. The van der Waals surface area contributed by atoms with Gasteiger partial charge < -0.3 is 5.73 Å². The van der Waals surface area contributed by atoms with Crippen LogP contribution in [0, 0.1) is 5.92 Å². The summed E-state index contributed by atoms with van der Waals surface area (Å²) in [7, 11) is 0. The number of amidine groups is 1. The van der Waals surface area contributed by atoms with Gasteiger partial charge in [-0.15, -0.1) is 0 Å². The number of halogens is 2. The molecule has 0 bridgehead atoms. The maximum Gasteiger partial charge on any atom is 0.102 e. The standard InChI is InChI=1S/C10H12Br2N2/c1-6(2)10(13)14-9-4-3-7(11)5-8(9)12/h3-6H,1-2H3,(H2,13,14). The molecule has 0 aliphatic carbocycles. The molecule has 0 atom stereocenters. The lowest BCUT2D eigenvalue weighted by molar-refractivity contribution is 0.873. The van der Waals surface area contributed by atoms with Gasteiger partial charge in [0.15, 0.2) is 0 Å². The summed E-state index contributed by atoms with van der Waals surface area (Å²) in [5, 5.41) is 0. The zero-order valence-electron chi connectivity index (χ0n) is 8.09. The van der Waals surface area contributed by atoms with Gasteiger partial charge in [0, 0.05) is 14.9 Å². The molecule has 14 heavy (non-hydrogen) atoms. The fraction of sp³-hybridized carbons (Fsp3) is 0.300. The van der Waals surface area contributed by atoms with Crippen LogP contribution in [0.1, 0.15) is 13.8 Å². The van der Waals surface area contributed by atoms with Crippen molar-refractivity contribution in [2.45, 2.75) is 13.8 Å². The molecular formula is C10H12Br2N2. The van der Waals surface area contributed by atoms with Gasteiger partial charge in [0.1, 0.15) is 5.84 Å². The molecule has 0 saturated heterocycles. The smallest absolute Gasteiger partial charge is 0.102 e. The van der Waals surface area contributed by atoms with Crippen LogP contribution in [0.15, 0.2) is 32.1 Å². The van der Waals surface area contributed by atoms with E-state index < -0.39 is 0 Å². The molecule has 1 aromatic rings. The average molecular weight is 320 g/mol. The second kappa shape index (κ2) is 4.94. The van der Waals surface area contributed by atoms with Crippen molar-refractivity contribution < 1.29 is 0 Å². The Morgan fingerprint density at radius 1 is 1.36 bits per heavy atom. The van der Waals surface area contributed by atoms with E-state index >= 15 is 0 Å². The summed E-state index contributed by atoms with van der Waals surface area (Å²) in [4.78, 5) is 4.33. The third-order valence-electron chi connectivity index (χ3n) is 1.75. The highest BCUT2D eigenvalue weighted by molar-refractivity contribution is 9.11. The van der Waals surface area contributed by atoms with E-state index in [1.165, 1.54) is 0 Å². The molecule has 0 saturated carbocycles. The zero-order chi connectivity index (χ0) is 10.7. The summed E-state index contributed by atoms with van der Waals surface area (Å²) in [5.74, 6) is 0.915. The summed E-state index contributed by atoms with van der Waals surface area (Å²) in [6, 6.07) is 5.81. The van der Waals surface area contributed by atoms with Gasteiger partial charge in [-0.2, -0.15) is 0 Å². The molecule has 0 aliphatic rings. The van der Waals surface area contributed by atoms with Gasteiger partial charge in [0.2, 0.25) is 0 Å². The Morgan fingerprint density at radius 3 is 2.50 bits per heavy atom. The van der Waals surface area contributed by atoms with Crippen molar-refractivity contribution in [2.24, 2.45) is 16.6 Å². The first-order chi connectivity index (χ1) is 6.50. The van der Waals surface area contributed by atoms with E-state index in [0.717, 1.165) is 14.6 Å². The van der Waals surface area contributed by atoms with Crippen LogP contribution in [-0.2, 0) is 0 Å². The van der Waals surface area contributed by atoms with Crippen molar-refractivity contribution in [3.05, 3.63) is 27.1 Å². The molecule has 2 N–H and O–H groups in total. The molecule has 4 heteroatoms.